The molecule has 3 aromatic rings. The van der Waals surface area contributed by atoms with Gasteiger partial charge in [-0.15, -0.1) is 0 Å². The fourth-order valence-electron chi connectivity index (χ4n) is 5.49. The first-order valence-corrected chi connectivity index (χ1v) is 16.0. The number of piperidine rings is 1. The van der Waals surface area contributed by atoms with Crippen LogP contribution in [-0.2, 0) is 31.9 Å². The van der Waals surface area contributed by atoms with Gasteiger partial charge < -0.3 is 35.2 Å². The number of halogens is 4. The normalized spacial score (nSPS) is 16.5. The minimum atomic E-state index is -4.48. The van der Waals surface area contributed by atoms with Gasteiger partial charge in [-0.2, -0.15) is 13.2 Å². The Morgan fingerprint density at radius 1 is 1.02 bits per heavy atom. The molecule has 5 rings (SSSR count). The zero-order valence-electron chi connectivity index (χ0n) is 27.4. The molecule has 50 heavy (non-hydrogen) atoms. The maximum Gasteiger partial charge on any atom is 0.416 e. The van der Waals surface area contributed by atoms with Crippen molar-refractivity contribution in [2.45, 2.75) is 50.7 Å². The second-order valence-corrected chi connectivity index (χ2v) is 12.2. The van der Waals surface area contributed by atoms with Crippen LogP contribution in [0.25, 0.3) is 0 Å². The number of likely N-dealkylation sites (tertiary alicyclic amines) is 1. The lowest BCUT2D eigenvalue weighted by atomic mass is 10.1. The molecule has 2 heterocycles. The van der Waals surface area contributed by atoms with Crippen molar-refractivity contribution in [2.75, 3.05) is 49.3 Å². The van der Waals surface area contributed by atoms with Crippen molar-refractivity contribution in [1.29, 1.82) is 0 Å². The van der Waals surface area contributed by atoms with E-state index in [2.05, 4.69) is 16.0 Å². The van der Waals surface area contributed by atoms with E-state index < -0.39 is 48.3 Å². The first kappa shape index (κ1) is 36.1. The Kier molecular flexibility index (Phi) is 11.2. The minimum absolute atomic E-state index is 0.0144. The number of hydrogen-bond acceptors (Lipinski definition) is 7. The van der Waals surface area contributed by atoms with Crippen molar-refractivity contribution in [3.63, 3.8) is 0 Å². The van der Waals surface area contributed by atoms with Crippen molar-refractivity contribution in [3.8, 4) is 11.5 Å². The maximum atomic E-state index is 13.5. The highest BCUT2D eigenvalue weighted by Gasteiger charge is 2.32. The highest BCUT2D eigenvalue weighted by molar-refractivity contribution is 6.11. The largest absolute Gasteiger partial charge is 0.455 e. The molecule has 3 aromatic carbocycles. The lowest BCUT2D eigenvalue weighted by Gasteiger charge is -2.29. The Labute approximate surface area is 285 Å². The molecule has 1 fully saturated rings. The molecular weight excluding hydrogens is 662 g/mol. The first-order chi connectivity index (χ1) is 23.8. The number of fused-ring (bicyclic) bond motifs is 1. The summed E-state index contributed by atoms with van der Waals surface area (Å²) in [6, 6.07) is 13.1. The molecule has 11 nitrogen and oxygen atoms in total. The van der Waals surface area contributed by atoms with Crippen molar-refractivity contribution in [1.82, 2.24) is 10.2 Å². The third kappa shape index (κ3) is 9.28. The maximum absolute atomic E-state index is 13.5. The highest BCUT2D eigenvalue weighted by Crippen LogP contribution is 2.37. The predicted octanol–water partition coefficient (Wildman–Crippen LogP) is 5.51. The van der Waals surface area contributed by atoms with Crippen LogP contribution in [0.5, 0.6) is 11.5 Å². The molecule has 1 saturated heterocycles. The SMILES string of the molecule is CN(C)c1cccc(Oc2cc3c(cc2NC(=O)COCc2ccc(C(F)(F)F)cc2)NC(=O)[C@@H](CCC(=O)N2CCC(F)CC2)NC3=O)c1. The third-order valence-corrected chi connectivity index (χ3v) is 8.29. The average Bonchev–Trinajstić information content (AvgIpc) is 3.18. The molecule has 4 amide bonds. The van der Waals surface area contributed by atoms with E-state index in [0.29, 0.717) is 24.4 Å². The van der Waals surface area contributed by atoms with E-state index in [9.17, 15) is 36.7 Å². The monoisotopic (exact) mass is 699 g/mol. The van der Waals surface area contributed by atoms with Crippen molar-refractivity contribution in [3.05, 3.63) is 77.4 Å². The van der Waals surface area contributed by atoms with E-state index in [1.54, 1.807) is 23.1 Å². The number of alkyl halides is 4. The van der Waals surface area contributed by atoms with Crippen molar-refractivity contribution in [2.24, 2.45) is 0 Å². The Balaban J connectivity index is 1.31. The molecule has 0 spiro atoms. The lowest BCUT2D eigenvalue weighted by Crippen LogP contribution is -2.43. The Morgan fingerprint density at radius 3 is 2.42 bits per heavy atom. The van der Waals surface area contributed by atoms with Crippen LogP contribution in [0.15, 0.2) is 60.7 Å². The van der Waals surface area contributed by atoms with Gasteiger partial charge in [-0.1, -0.05) is 18.2 Å². The number of carbonyl (C=O) groups excluding carboxylic acids is 4. The molecule has 2 aliphatic heterocycles. The van der Waals surface area contributed by atoms with Crippen LogP contribution in [0.4, 0.5) is 34.6 Å². The van der Waals surface area contributed by atoms with E-state index in [0.717, 1.165) is 17.8 Å². The van der Waals surface area contributed by atoms with Crippen LogP contribution in [-0.4, -0.2) is 74.5 Å². The number of ether oxygens (including phenoxy) is 2. The van der Waals surface area contributed by atoms with E-state index >= 15 is 0 Å². The van der Waals surface area contributed by atoms with Crippen molar-refractivity contribution >= 4 is 40.7 Å². The molecule has 15 heteroatoms. The molecule has 0 unspecified atom stereocenters. The second kappa shape index (κ2) is 15.6. The number of anilines is 3. The van der Waals surface area contributed by atoms with Crippen LogP contribution >= 0.6 is 0 Å². The number of benzene rings is 3. The van der Waals surface area contributed by atoms with E-state index in [1.165, 1.54) is 24.3 Å². The molecule has 1 atom stereocenters. The number of amides is 4. The molecule has 0 radical (unpaired) electrons. The lowest BCUT2D eigenvalue weighted by molar-refractivity contribution is -0.137. The predicted molar refractivity (Wildman–Crippen MR) is 177 cm³/mol. The van der Waals surface area contributed by atoms with E-state index in [1.807, 2.05) is 25.1 Å². The van der Waals surface area contributed by atoms with Gasteiger partial charge >= 0.3 is 6.18 Å². The highest BCUT2D eigenvalue weighted by atomic mass is 19.4. The first-order valence-electron chi connectivity index (χ1n) is 16.0. The summed E-state index contributed by atoms with van der Waals surface area (Å²) in [7, 11) is 3.70. The van der Waals surface area contributed by atoms with Gasteiger partial charge in [0.15, 0.2) is 5.75 Å². The molecule has 0 bridgehead atoms. The van der Waals surface area contributed by atoms with Gasteiger partial charge in [0, 0.05) is 45.4 Å². The number of rotatable bonds is 11. The van der Waals surface area contributed by atoms with Crippen LogP contribution in [0.3, 0.4) is 0 Å². The number of carbonyl (C=O) groups is 4. The summed E-state index contributed by atoms with van der Waals surface area (Å²) in [6.45, 7) is -0.0166. The summed E-state index contributed by atoms with van der Waals surface area (Å²) in [5.74, 6) is -1.60. The van der Waals surface area contributed by atoms with Gasteiger partial charge in [0.05, 0.1) is 29.1 Å². The van der Waals surface area contributed by atoms with Crippen molar-refractivity contribution < 1.29 is 46.2 Å². The summed E-state index contributed by atoms with van der Waals surface area (Å²) >= 11 is 0. The Hall–Kier alpha value is -5.18. The summed E-state index contributed by atoms with van der Waals surface area (Å²) in [4.78, 5) is 55.7. The number of nitrogens with zero attached hydrogens (tertiary/aromatic N) is 2. The fourth-order valence-corrected chi connectivity index (χ4v) is 5.49. The van der Waals surface area contributed by atoms with Gasteiger partial charge in [-0.05, 0) is 61.2 Å². The molecule has 2 aliphatic rings. The van der Waals surface area contributed by atoms with Crippen LogP contribution in [0, 0.1) is 0 Å². The summed E-state index contributed by atoms with van der Waals surface area (Å²) in [5, 5.41) is 8.03. The summed E-state index contributed by atoms with van der Waals surface area (Å²) in [6.07, 6.45) is -4.91. The molecule has 266 valence electrons. The summed E-state index contributed by atoms with van der Waals surface area (Å²) < 4.78 is 63.7. The molecule has 3 N–H and O–H groups in total. The topological polar surface area (TPSA) is 129 Å². The van der Waals surface area contributed by atoms with Gasteiger partial charge in [-0.25, -0.2) is 4.39 Å². The van der Waals surface area contributed by atoms with E-state index in [4.69, 9.17) is 9.47 Å². The van der Waals surface area contributed by atoms with Crippen LogP contribution in [0.1, 0.15) is 47.2 Å². The Bertz CT molecular complexity index is 1730. The zero-order chi connectivity index (χ0) is 36.0. The van der Waals surface area contributed by atoms with Gasteiger partial charge in [0.25, 0.3) is 5.91 Å². The quantitative estimate of drug-likeness (QED) is 0.225. The zero-order valence-corrected chi connectivity index (χ0v) is 27.4. The molecule has 0 aliphatic carbocycles. The molecule has 0 aromatic heterocycles. The average molecular weight is 700 g/mol. The minimum Gasteiger partial charge on any atom is -0.455 e. The van der Waals surface area contributed by atoms with Crippen LogP contribution in [0.2, 0.25) is 0 Å². The Morgan fingerprint density at radius 2 is 1.74 bits per heavy atom. The van der Waals surface area contributed by atoms with E-state index in [-0.39, 0.29) is 60.9 Å². The summed E-state index contributed by atoms with van der Waals surface area (Å²) in [5.41, 5.74) is 0.668. The second-order valence-electron chi connectivity index (χ2n) is 12.2. The number of nitrogens with one attached hydrogen (secondary N) is 3. The van der Waals surface area contributed by atoms with Crippen LogP contribution < -0.4 is 25.6 Å². The molecule has 0 saturated carbocycles. The number of hydrogen-bond donors (Lipinski definition) is 3. The fraction of sp³-hybridized carbons (Fsp3) is 0.371. The molecular formula is C35H37F4N5O6. The smallest absolute Gasteiger partial charge is 0.416 e. The standard InChI is InChI=1S/C35H37F4N5O6/c1-43(2)24-4-3-5-25(16-24)50-30-17-26-28(18-29(30)40-31(45)20-49-19-21-6-8-22(9-7-21)35(37,38)39)42-34(48)27(41-33(26)47)10-11-32(46)44-14-12-23(36)13-15-44/h3-9,16-18,23,27H,10-15,19-20H2,1-2H3,(H,40,45)(H,41,47)(H,42,48)/t27-/m1/s1. The van der Waals surface area contributed by atoms with Gasteiger partial charge in [-0.3, -0.25) is 19.2 Å². The van der Waals surface area contributed by atoms with Gasteiger partial charge in [0.2, 0.25) is 17.7 Å². The third-order valence-electron chi connectivity index (χ3n) is 8.29. The van der Waals surface area contributed by atoms with Gasteiger partial charge in [0.1, 0.15) is 24.6 Å².